The van der Waals surface area contributed by atoms with Gasteiger partial charge in [-0.2, -0.15) is 0 Å². The Labute approximate surface area is 259 Å². The van der Waals surface area contributed by atoms with Crippen LogP contribution in [0.4, 0.5) is 4.79 Å². The average Bonchev–Trinajstić information content (AvgIpc) is 2.93. The summed E-state index contributed by atoms with van der Waals surface area (Å²) in [6.45, 7) is 4.95. The van der Waals surface area contributed by atoms with Crippen LogP contribution >= 0.6 is 43.5 Å². The maximum atomic E-state index is 13.5. The smallest absolute Gasteiger partial charge is 0.331 e. The summed E-state index contributed by atoms with van der Waals surface area (Å²) < 4.78 is 18.8. The van der Waals surface area contributed by atoms with Crippen molar-refractivity contribution in [2.75, 3.05) is 13.2 Å². The van der Waals surface area contributed by atoms with Crippen molar-refractivity contribution in [3.63, 3.8) is 0 Å². The molecular formula is C30H27Br2ClN2O6. The van der Waals surface area contributed by atoms with Crippen molar-refractivity contribution in [2.24, 2.45) is 0 Å². The lowest BCUT2D eigenvalue weighted by Gasteiger charge is -2.27. The Hall–Kier alpha value is -3.34. The maximum Gasteiger partial charge on any atom is 0.331 e. The van der Waals surface area contributed by atoms with Gasteiger partial charge in [0.2, 0.25) is 0 Å². The fourth-order valence-electron chi connectivity index (χ4n) is 4.00. The molecule has 214 valence electrons. The van der Waals surface area contributed by atoms with Gasteiger partial charge in [-0.1, -0.05) is 52.7 Å². The second kappa shape index (κ2) is 14.0. The molecule has 0 aromatic heterocycles. The van der Waals surface area contributed by atoms with Crippen molar-refractivity contribution in [1.29, 1.82) is 0 Å². The molecule has 1 fully saturated rings. The van der Waals surface area contributed by atoms with Gasteiger partial charge in [0, 0.05) is 15.1 Å². The zero-order chi connectivity index (χ0) is 29.5. The molecule has 0 bridgehead atoms. The minimum atomic E-state index is -0.809. The Morgan fingerprint density at radius 3 is 2.34 bits per heavy atom. The van der Waals surface area contributed by atoms with E-state index in [1.807, 2.05) is 26.0 Å². The third-order valence-corrected chi connectivity index (χ3v) is 7.23. The Kier molecular flexibility index (Phi) is 10.5. The molecule has 1 saturated heterocycles. The van der Waals surface area contributed by atoms with Crippen molar-refractivity contribution >= 4 is 67.4 Å². The van der Waals surface area contributed by atoms with Crippen LogP contribution in [0, 0.1) is 0 Å². The standard InChI is InChI=1S/C30H27Br2ClN2O6/c1-3-11-40-25-10-7-19(12-26(25)39-4-2)16-35-29(37)23(28(36)34-30(35)38)14-20-13-21(31)15-24(32)27(20)41-17-18-5-8-22(33)9-6-18/h5-10,12-15H,3-4,11,16-17H2,1-2H3,(H,34,36,38)/b23-14+. The summed E-state index contributed by atoms with van der Waals surface area (Å²) in [6, 6.07) is 15.1. The molecule has 3 aromatic rings. The van der Waals surface area contributed by atoms with Gasteiger partial charge in [-0.15, -0.1) is 0 Å². The number of carbonyl (C=O) groups is 3. The number of amides is 4. The predicted octanol–water partition coefficient (Wildman–Crippen LogP) is 7.29. The molecule has 1 N–H and O–H groups in total. The van der Waals surface area contributed by atoms with Gasteiger partial charge in [-0.3, -0.25) is 19.8 Å². The zero-order valence-electron chi connectivity index (χ0n) is 22.3. The van der Waals surface area contributed by atoms with Crippen LogP contribution in [0.25, 0.3) is 6.08 Å². The highest BCUT2D eigenvalue weighted by Crippen LogP contribution is 2.36. The number of carbonyl (C=O) groups excluding carboxylic acids is 3. The van der Waals surface area contributed by atoms with Gasteiger partial charge >= 0.3 is 6.03 Å². The lowest BCUT2D eigenvalue weighted by Crippen LogP contribution is -2.53. The van der Waals surface area contributed by atoms with Crippen molar-refractivity contribution in [3.05, 3.63) is 90.8 Å². The second-order valence-electron chi connectivity index (χ2n) is 8.99. The lowest BCUT2D eigenvalue weighted by atomic mass is 10.1. The predicted molar refractivity (Wildman–Crippen MR) is 163 cm³/mol. The van der Waals surface area contributed by atoms with Crippen LogP contribution in [0.5, 0.6) is 17.2 Å². The largest absolute Gasteiger partial charge is 0.490 e. The molecule has 0 radical (unpaired) electrons. The number of urea groups is 1. The number of imide groups is 2. The van der Waals surface area contributed by atoms with E-state index < -0.39 is 17.8 Å². The summed E-state index contributed by atoms with van der Waals surface area (Å²) in [4.78, 5) is 40.1. The Morgan fingerprint density at radius 2 is 1.63 bits per heavy atom. The van der Waals surface area contributed by atoms with Crippen LogP contribution in [0.1, 0.15) is 37.0 Å². The Bertz CT molecular complexity index is 1490. The minimum absolute atomic E-state index is 0.0779. The number of nitrogens with one attached hydrogen (secondary N) is 1. The molecule has 1 aliphatic heterocycles. The van der Waals surface area contributed by atoms with E-state index in [0.717, 1.165) is 16.9 Å². The van der Waals surface area contributed by atoms with E-state index in [-0.39, 0.29) is 18.7 Å². The Morgan fingerprint density at radius 1 is 0.902 bits per heavy atom. The van der Waals surface area contributed by atoms with Gasteiger partial charge in [-0.25, -0.2) is 4.79 Å². The summed E-state index contributed by atoms with van der Waals surface area (Å²) >= 11 is 12.9. The van der Waals surface area contributed by atoms with Crippen molar-refractivity contribution in [1.82, 2.24) is 10.2 Å². The molecule has 0 atom stereocenters. The van der Waals surface area contributed by atoms with Crippen LogP contribution in [-0.4, -0.2) is 36.0 Å². The highest BCUT2D eigenvalue weighted by atomic mass is 79.9. The topological polar surface area (TPSA) is 94.2 Å². The fourth-order valence-corrected chi connectivity index (χ4v) is 5.50. The molecule has 0 unspecified atom stereocenters. The first-order chi connectivity index (χ1) is 19.7. The summed E-state index contributed by atoms with van der Waals surface area (Å²) in [7, 11) is 0. The zero-order valence-corrected chi connectivity index (χ0v) is 26.3. The highest BCUT2D eigenvalue weighted by molar-refractivity contribution is 9.11. The van der Waals surface area contributed by atoms with E-state index >= 15 is 0 Å². The maximum absolute atomic E-state index is 13.5. The number of barbiturate groups is 1. The third kappa shape index (κ3) is 7.69. The molecule has 0 spiro atoms. The number of benzene rings is 3. The van der Waals surface area contributed by atoms with E-state index in [1.54, 1.807) is 42.5 Å². The first-order valence-electron chi connectivity index (χ1n) is 12.8. The molecule has 4 rings (SSSR count). The quantitative estimate of drug-likeness (QED) is 0.166. The average molecular weight is 707 g/mol. The van der Waals surface area contributed by atoms with Crippen LogP contribution in [0.15, 0.2) is 69.1 Å². The molecule has 1 aliphatic rings. The van der Waals surface area contributed by atoms with Gasteiger partial charge in [0.15, 0.2) is 11.5 Å². The molecular weight excluding hydrogens is 680 g/mol. The molecule has 41 heavy (non-hydrogen) atoms. The fraction of sp³-hybridized carbons (Fsp3) is 0.233. The third-order valence-electron chi connectivity index (χ3n) is 5.93. The molecule has 3 aromatic carbocycles. The van der Waals surface area contributed by atoms with Crippen LogP contribution < -0.4 is 19.5 Å². The molecule has 8 nitrogen and oxygen atoms in total. The first kappa shape index (κ1) is 30.6. The number of ether oxygens (including phenoxy) is 3. The number of rotatable bonds is 11. The van der Waals surface area contributed by atoms with Gasteiger partial charge in [0.1, 0.15) is 17.9 Å². The molecule has 1 heterocycles. The SMILES string of the molecule is CCCOc1ccc(CN2C(=O)NC(=O)/C(=C\c3cc(Br)cc(Br)c3OCc3ccc(Cl)cc3)C2=O)cc1OCC. The number of hydrogen-bond acceptors (Lipinski definition) is 6. The van der Waals surface area contributed by atoms with E-state index in [1.165, 1.54) is 6.08 Å². The van der Waals surface area contributed by atoms with Gasteiger partial charge in [0.05, 0.1) is 24.2 Å². The summed E-state index contributed by atoms with van der Waals surface area (Å²) in [5.74, 6) is -0.0218. The summed E-state index contributed by atoms with van der Waals surface area (Å²) in [5, 5.41) is 2.88. The first-order valence-corrected chi connectivity index (χ1v) is 14.8. The Balaban J connectivity index is 1.62. The minimum Gasteiger partial charge on any atom is -0.490 e. The van der Waals surface area contributed by atoms with Gasteiger partial charge < -0.3 is 14.2 Å². The van der Waals surface area contributed by atoms with Crippen LogP contribution in [-0.2, 0) is 22.7 Å². The van der Waals surface area contributed by atoms with E-state index in [9.17, 15) is 14.4 Å². The van der Waals surface area contributed by atoms with Crippen molar-refractivity contribution < 1.29 is 28.6 Å². The molecule has 0 aliphatic carbocycles. The van der Waals surface area contributed by atoms with E-state index in [2.05, 4.69) is 37.2 Å². The van der Waals surface area contributed by atoms with Crippen molar-refractivity contribution in [2.45, 2.75) is 33.4 Å². The van der Waals surface area contributed by atoms with Crippen LogP contribution in [0.3, 0.4) is 0 Å². The van der Waals surface area contributed by atoms with Gasteiger partial charge in [-0.05, 0) is 82.9 Å². The summed E-state index contributed by atoms with van der Waals surface area (Å²) in [5.41, 5.74) is 1.76. The highest BCUT2D eigenvalue weighted by Gasteiger charge is 2.36. The second-order valence-corrected chi connectivity index (χ2v) is 11.2. The molecule has 4 amide bonds. The summed E-state index contributed by atoms with van der Waals surface area (Å²) in [6.07, 6.45) is 2.25. The van der Waals surface area contributed by atoms with Crippen LogP contribution in [0.2, 0.25) is 5.02 Å². The number of halogens is 3. The molecule has 11 heteroatoms. The van der Waals surface area contributed by atoms with E-state index in [4.69, 9.17) is 25.8 Å². The van der Waals surface area contributed by atoms with Crippen molar-refractivity contribution in [3.8, 4) is 17.2 Å². The van der Waals surface area contributed by atoms with Gasteiger partial charge in [0.25, 0.3) is 11.8 Å². The monoisotopic (exact) mass is 704 g/mol. The van der Waals surface area contributed by atoms with E-state index in [0.29, 0.717) is 55.6 Å². The number of nitrogens with zero attached hydrogens (tertiary/aromatic N) is 1. The lowest BCUT2D eigenvalue weighted by molar-refractivity contribution is -0.130. The molecule has 0 saturated carbocycles. The normalized spacial score (nSPS) is 14.3. The number of hydrogen-bond donors (Lipinski definition) is 1.